The quantitative estimate of drug-likeness (QED) is 0.129. The minimum atomic E-state index is 0.854. The topological polar surface area (TPSA) is 58.0 Å². The molecule has 5 aromatic rings. The van der Waals surface area contributed by atoms with Crippen molar-refractivity contribution in [2.24, 2.45) is 0 Å². The van der Waals surface area contributed by atoms with Gasteiger partial charge in [0.1, 0.15) is 23.3 Å². The molecule has 5 rings (SSSR count). The zero-order valence-electron chi connectivity index (χ0n) is 26.6. The average Bonchev–Trinajstić information content (AvgIpc) is 3.03. The van der Waals surface area contributed by atoms with E-state index in [1.807, 2.05) is 0 Å². The van der Waals surface area contributed by atoms with E-state index in [1.165, 1.54) is 0 Å². The summed E-state index contributed by atoms with van der Waals surface area (Å²) < 4.78 is 0. The Bertz CT molecular complexity index is 1430. The average molecular weight is 585 g/mol. The van der Waals surface area contributed by atoms with Crippen molar-refractivity contribution in [1.29, 1.82) is 0 Å². The van der Waals surface area contributed by atoms with Crippen molar-refractivity contribution in [2.75, 3.05) is 9.80 Å². The number of hydrogen-bond donors (Lipinski definition) is 0. The van der Waals surface area contributed by atoms with Crippen LogP contribution in [0.25, 0.3) is 0 Å². The van der Waals surface area contributed by atoms with Crippen LogP contribution in [0, 0.1) is 0 Å². The predicted octanol–water partition coefficient (Wildman–Crippen LogP) is 10.0. The summed E-state index contributed by atoms with van der Waals surface area (Å²) in [4.78, 5) is 24.7. The van der Waals surface area contributed by atoms with E-state index >= 15 is 0 Å². The minimum absolute atomic E-state index is 0.854. The zero-order valence-corrected chi connectivity index (χ0v) is 26.6. The van der Waals surface area contributed by atoms with Crippen molar-refractivity contribution < 1.29 is 0 Å². The number of hydrogen-bond acceptors (Lipinski definition) is 6. The molecule has 0 N–H and O–H groups in total. The van der Waals surface area contributed by atoms with Gasteiger partial charge in [-0.25, -0.2) is 19.9 Å². The molecule has 0 radical (unpaired) electrons. The van der Waals surface area contributed by atoms with E-state index in [0.29, 0.717) is 0 Å². The van der Waals surface area contributed by atoms with Gasteiger partial charge in [0.2, 0.25) is 0 Å². The fourth-order valence-electron chi connectivity index (χ4n) is 5.48. The van der Waals surface area contributed by atoms with Crippen molar-refractivity contribution in [2.45, 2.75) is 79.1 Å². The molecule has 6 heteroatoms. The molecule has 0 unspecified atom stereocenters. The second kappa shape index (κ2) is 15.2. The van der Waals surface area contributed by atoms with Gasteiger partial charge < -0.3 is 0 Å². The van der Waals surface area contributed by atoms with E-state index in [9.17, 15) is 0 Å². The summed E-state index contributed by atoms with van der Waals surface area (Å²) in [7, 11) is 0. The molecule has 0 saturated heterocycles. The van der Waals surface area contributed by atoms with E-state index in [4.69, 9.17) is 19.9 Å². The minimum Gasteiger partial charge on any atom is -0.279 e. The Hall–Kier alpha value is -4.58. The lowest BCUT2D eigenvalue weighted by Crippen LogP contribution is -2.17. The van der Waals surface area contributed by atoms with Crippen LogP contribution in [0.5, 0.6) is 0 Å². The Balaban J connectivity index is 1.67. The summed E-state index contributed by atoms with van der Waals surface area (Å²) in [5.74, 6) is 3.41. The maximum atomic E-state index is 5.09. The Morgan fingerprint density at radius 1 is 0.386 bits per heavy atom. The highest BCUT2D eigenvalue weighted by Crippen LogP contribution is 2.38. The number of rotatable bonds is 14. The predicted molar refractivity (Wildman–Crippen MR) is 183 cm³/mol. The highest BCUT2D eigenvalue weighted by Gasteiger charge is 2.21. The molecule has 0 atom stereocenters. The molecular formula is C38H44N6. The molecule has 0 bridgehead atoms. The number of aryl methyl sites for hydroxylation is 4. The normalized spacial score (nSPS) is 11.0. The lowest BCUT2D eigenvalue weighted by molar-refractivity contribution is 0.871. The number of aromatic nitrogens is 4. The van der Waals surface area contributed by atoms with Crippen LogP contribution in [0.15, 0.2) is 97.1 Å². The Morgan fingerprint density at radius 3 is 0.932 bits per heavy atom. The lowest BCUT2D eigenvalue weighted by Gasteiger charge is -2.28. The lowest BCUT2D eigenvalue weighted by atomic mass is 10.2. The third kappa shape index (κ3) is 7.49. The van der Waals surface area contributed by atoms with Gasteiger partial charge in [-0.1, -0.05) is 83.7 Å². The molecule has 0 fully saturated rings. The second-order valence-corrected chi connectivity index (χ2v) is 11.1. The monoisotopic (exact) mass is 584 g/mol. The van der Waals surface area contributed by atoms with Gasteiger partial charge in [-0.15, -0.1) is 0 Å². The van der Waals surface area contributed by atoms with E-state index in [1.54, 1.807) is 0 Å². The summed E-state index contributed by atoms with van der Waals surface area (Å²) in [6.45, 7) is 8.75. The molecular weight excluding hydrogens is 540 g/mol. The van der Waals surface area contributed by atoms with Crippen molar-refractivity contribution in [1.82, 2.24) is 19.9 Å². The van der Waals surface area contributed by atoms with E-state index in [0.717, 1.165) is 109 Å². The first-order valence-corrected chi connectivity index (χ1v) is 16.2. The van der Waals surface area contributed by atoms with Crippen LogP contribution in [-0.2, 0) is 25.7 Å². The van der Waals surface area contributed by atoms with Crippen molar-refractivity contribution in [3.63, 3.8) is 0 Å². The maximum absolute atomic E-state index is 5.09. The van der Waals surface area contributed by atoms with Crippen LogP contribution in [0.1, 0.15) is 76.2 Å². The largest absolute Gasteiger partial charge is 0.279 e. The van der Waals surface area contributed by atoms with Crippen LogP contribution in [0.4, 0.5) is 34.6 Å². The van der Waals surface area contributed by atoms with Gasteiger partial charge in [0.25, 0.3) is 0 Å². The summed E-state index contributed by atoms with van der Waals surface area (Å²) in [5, 5.41) is 0. The molecule has 226 valence electrons. The highest BCUT2D eigenvalue weighted by molar-refractivity contribution is 5.79. The second-order valence-electron chi connectivity index (χ2n) is 11.1. The number of anilines is 6. The summed E-state index contributed by atoms with van der Waals surface area (Å²) in [5.41, 5.74) is 6.25. The van der Waals surface area contributed by atoms with Gasteiger partial charge >= 0.3 is 0 Å². The molecule has 1 aromatic carbocycles. The van der Waals surface area contributed by atoms with Gasteiger partial charge in [0, 0.05) is 22.8 Å². The molecule has 0 aliphatic carbocycles. The van der Waals surface area contributed by atoms with Gasteiger partial charge in [0.15, 0.2) is 0 Å². The molecule has 0 spiro atoms. The van der Waals surface area contributed by atoms with Crippen LogP contribution in [0.3, 0.4) is 0 Å². The van der Waals surface area contributed by atoms with Crippen molar-refractivity contribution in [3.8, 4) is 0 Å². The highest BCUT2D eigenvalue weighted by atomic mass is 15.3. The Kier molecular flexibility index (Phi) is 10.7. The molecule has 0 aliphatic heterocycles. The van der Waals surface area contributed by atoms with E-state index in [2.05, 4.69) is 135 Å². The standard InChI is InChI=1S/C38H44N6/c1-5-14-29-18-9-24-35(39-29)43(36-25-10-19-30(40-36)15-6-2)33-22-13-23-34(28-33)44(37-26-11-20-31(41-37)16-7-3)38-27-12-21-32(42-38)17-8-4/h9-13,18-28H,5-8,14-17H2,1-4H3. The zero-order chi connectivity index (χ0) is 30.7. The van der Waals surface area contributed by atoms with Crippen LogP contribution in [-0.4, -0.2) is 19.9 Å². The fourth-order valence-corrected chi connectivity index (χ4v) is 5.48. The third-order valence-electron chi connectivity index (χ3n) is 7.46. The van der Waals surface area contributed by atoms with Crippen molar-refractivity contribution >= 4 is 34.6 Å². The molecule has 0 aliphatic rings. The van der Waals surface area contributed by atoms with Gasteiger partial charge in [-0.3, -0.25) is 9.80 Å². The maximum Gasteiger partial charge on any atom is 0.139 e. The fraction of sp³-hybridized carbons (Fsp3) is 0.316. The Morgan fingerprint density at radius 2 is 0.659 bits per heavy atom. The number of nitrogens with zero attached hydrogens (tertiary/aromatic N) is 6. The summed E-state index contributed by atoms with van der Waals surface area (Å²) in [6, 6.07) is 33.7. The smallest absolute Gasteiger partial charge is 0.139 e. The summed E-state index contributed by atoms with van der Waals surface area (Å²) in [6.07, 6.45) is 7.88. The molecule has 44 heavy (non-hydrogen) atoms. The molecule has 0 saturated carbocycles. The summed E-state index contributed by atoms with van der Waals surface area (Å²) >= 11 is 0. The molecule has 0 amide bonds. The van der Waals surface area contributed by atoms with E-state index < -0.39 is 0 Å². The molecule has 4 aromatic heterocycles. The first-order chi connectivity index (χ1) is 21.6. The number of pyridine rings is 4. The molecule has 4 heterocycles. The first-order valence-electron chi connectivity index (χ1n) is 16.2. The number of benzene rings is 1. The van der Waals surface area contributed by atoms with Crippen LogP contribution in [0.2, 0.25) is 0 Å². The first kappa shape index (κ1) is 30.9. The van der Waals surface area contributed by atoms with Crippen molar-refractivity contribution in [3.05, 3.63) is 120 Å². The SMILES string of the molecule is CCCc1cccc(N(c2cccc(N(c3cccc(CCC)n3)c3cccc(CCC)n3)c2)c2cccc(CCC)n2)n1. The van der Waals surface area contributed by atoms with Crippen LogP contribution < -0.4 is 9.80 Å². The van der Waals surface area contributed by atoms with Gasteiger partial charge in [0.05, 0.1) is 11.4 Å². The molecule has 6 nitrogen and oxygen atoms in total. The van der Waals surface area contributed by atoms with Gasteiger partial charge in [-0.05, 0) is 92.4 Å². The Labute approximate surface area is 262 Å². The third-order valence-corrected chi connectivity index (χ3v) is 7.46. The van der Waals surface area contributed by atoms with Gasteiger partial charge in [-0.2, -0.15) is 0 Å². The van der Waals surface area contributed by atoms with E-state index in [-0.39, 0.29) is 0 Å². The van der Waals surface area contributed by atoms with Crippen LogP contribution >= 0.6 is 0 Å².